The van der Waals surface area contributed by atoms with Gasteiger partial charge in [-0.25, -0.2) is 0 Å². The van der Waals surface area contributed by atoms with Crippen molar-refractivity contribution in [1.82, 2.24) is 14.8 Å². The lowest BCUT2D eigenvalue weighted by molar-refractivity contribution is -0.134. The van der Waals surface area contributed by atoms with Crippen molar-refractivity contribution in [3.05, 3.63) is 34.2 Å². The van der Waals surface area contributed by atoms with Gasteiger partial charge >= 0.3 is 0 Å². The fourth-order valence-corrected chi connectivity index (χ4v) is 5.16. The highest BCUT2D eigenvalue weighted by Crippen LogP contribution is 2.48. The van der Waals surface area contributed by atoms with E-state index >= 15 is 0 Å². The first kappa shape index (κ1) is 17.3. The molecule has 26 heavy (non-hydrogen) atoms. The molecule has 2 bridgehead atoms. The number of nitrogens with zero attached hydrogens (tertiary/aromatic N) is 2. The molecule has 4 rings (SSSR count). The highest BCUT2D eigenvalue weighted by molar-refractivity contribution is 5.83. The van der Waals surface area contributed by atoms with Gasteiger partial charge in [-0.15, -0.1) is 0 Å². The van der Waals surface area contributed by atoms with Crippen molar-refractivity contribution in [2.24, 2.45) is 11.8 Å². The molecule has 1 aromatic rings. The lowest BCUT2D eigenvalue weighted by Crippen LogP contribution is -2.48. The Morgan fingerprint density at radius 3 is 2.65 bits per heavy atom. The SMILES string of the molecule is CC(=O)N1[C@@H]2Cn3c(cccc3=O)[C@H]1[C@@H](C(=O)NC1CCCC1)[C@@H]2CO. The first-order valence-electron chi connectivity index (χ1n) is 9.43. The molecule has 0 radical (unpaired) electrons. The molecule has 140 valence electrons. The van der Waals surface area contributed by atoms with E-state index in [1.165, 1.54) is 13.0 Å². The molecule has 1 aromatic heterocycles. The molecule has 2 amide bonds. The Kier molecular flexibility index (Phi) is 4.34. The van der Waals surface area contributed by atoms with Crippen LogP contribution in [0.25, 0.3) is 0 Å². The van der Waals surface area contributed by atoms with E-state index in [9.17, 15) is 19.5 Å². The summed E-state index contributed by atoms with van der Waals surface area (Å²) < 4.78 is 1.65. The number of nitrogens with one attached hydrogen (secondary N) is 1. The van der Waals surface area contributed by atoms with Crippen LogP contribution in [-0.4, -0.2) is 45.1 Å². The third-order valence-electron chi connectivity index (χ3n) is 6.29. The minimum Gasteiger partial charge on any atom is -0.396 e. The maximum Gasteiger partial charge on any atom is 0.250 e. The zero-order chi connectivity index (χ0) is 18.4. The standard InChI is InChI=1S/C19H25N3O4/c1-11(24)22-15-9-21-14(7-4-8-16(21)25)18(22)17(13(15)10-23)19(26)20-12-5-2-3-6-12/h4,7-8,12-13,15,17-18,23H,2-3,5-6,9-10H2,1H3,(H,20,26)/t13-,15-,17+,18+/m1/s1. The second kappa shape index (κ2) is 6.54. The van der Waals surface area contributed by atoms with Crippen LogP contribution in [0.3, 0.4) is 0 Å². The Balaban J connectivity index is 1.75. The molecular formula is C19H25N3O4. The molecular weight excluding hydrogens is 334 g/mol. The van der Waals surface area contributed by atoms with Crippen LogP contribution in [0, 0.1) is 11.8 Å². The summed E-state index contributed by atoms with van der Waals surface area (Å²) in [5.74, 6) is -1.15. The van der Waals surface area contributed by atoms with Gasteiger partial charge in [0.05, 0.1) is 18.0 Å². The van der Waals surface area contributed by atoms with Crippen molar-refractivity contribution in [2.75, 3.05) is 6.61 Å². The van der Waals surface area contributed by atoms with Crippen LogP contribution in [-0.2, 0) is 16.1 Å². The second-order valence-electron chi connectivity index (χ2n) is 7.70. The van der Waals surface area contributed by atoms with E-state index in [1.807, 2.05) is 6.07 Å². The largest absolute Gasteiger partial charge is 0.396 e. The minimum atomic E-state index is -0.537. The van der Waals surface area contributed by atoms with E-state index in [0.717, 1.165) is 25.7 Å². The van der Waals surface area contributed by atoms with Crippen molar-refractivity contribution < 1.29 is 14.7 Å². The predicted molar refractivity (Wildman–Crippen MR) is 94.2 cm³/mol. The van der Waals surface area contributed by atoms with Crippen LogP contribution in [0.15, 0.2) is 23.0 Å². The first-order valence-corrected chi connectivity index (χ1v) is 9.43. The van der Waals surface area contributed by atoms with Crippen molar-refractivity contribution >= 4 is 11.8 Å². The smallest absolute Gasteiger partial charge is 0.250 e. The van der Waals surface area contributed by atoms with Gasteiger partial charge in [-0.2, -0.15) is 0 Å². The third kappa shape index (κ3) is 2.57. The Morgan fingerprint density at radius 2 is 2.00 bits per heavy atom. The maximum atomic E-state index is 13.1. The summed E-state index contributed by atoms with van der Waals surface area (Å²) in [5.41, 5.74) is 0.556. The van der Waals surface area contributed by atoms with E-state index in [1.54, 1.807) is 15.5 Å². The summed E-state index contributed by atoms with van der Waals surface area (Å²) in [4.78, 5) is 39.5. The average Bonchev–Trinajstić information content (AvgIpc) is 3.19. The van der Waals surface area contributed by atoms with Crippen LogP contribution >= 0.6 is 0 Å². The lowest BCUT2D eigenvalue weighted by Gasteiger charge is -2.37. The quantitative estimate of drug-likeness (QED) is 0.818. The molecule has 2 aliphatic heterocycles. The van der Waals surface area contributed by atoms with Crippen molar-refractivity contribution in [1.29, 1.82) is 0 Å². The summed E-state index contributed by atoms with van der Waals surface area (Å²) in [6, 6.07) is 4.31. The molecule has 1 saturated heterocycles. The van der Waals surface area contributed by atoms with Gasteiger partial charge in [-0.05, 0) is 18.9 Å². The molecule has 7 nitrogen and oxygen atoms in total. The van der Waals surface area contributed by atoms with Gasteiger partial charge in [0.25, 0.3) is 5.56 Å². The van der Waals surface area contributed by atoms with Crippen LogP contribution < -0.4 is 10.9 Å². The van der Waals surface area contributed by atoms with Crippen LogP contribution in [0.5, 0.6) is 0 Å². The van der Waals surface area contributed by atoms with Gasteiger partial charge in [0.2, 0.25) is 11.8 Å². The maximum absolute atomic E-state index is 13.1. The second-order valence-corrected chi connectivity index (χ2v) is 7.70. The number of aliphatic hydroxyl groups excluding tert-OH is 1. The van der Waals surface area contributed by atoms with Gasteiger partial charge < -0.3 is 19.9 Å². The van der Waals surface area contributed by atoms with Gasteiger partial charge in [0.1, 0.15) is 0 Å². The lowest BCUT2D eigenvalue weighted by atomic mass is 9.86. The zero-order valence-corrected chi connectivity index (χ0v) is 14.9. The normalized spacial score (nSPS) is 30.3. The Hall–Kier alpha value is -2.15. The summed E-state index contributed by atoms with van der Waals surface area (Å²) in [6.07, 6.45) is 4.18. The number of rotatable bonds is 3. The minimum absolute atomic E-state index is 0.112. The molecule has 3 heterocycles. The number of aromatic nitrogens is 1. The summed E-state index contributed by atoms with van der Waals surface area (Å²) in [6.45, 7) is 1.63. The number of aliphatic hydroxyl groups is 1. The number of carbonyl (C=O) groups excluding carboxylic acids is 2. The summed E-state index contributed by atoms with van der Waals surface area (Å²) >= 11 is 0. The Labute approximate surface area is 152 Å². The van der Waals surface area contributed by atoms with Gasteiger partial charge in [-0.3, -0.25) is 14.4 Å². The predicted octanol–water partition coefficient (Wildman–Crippen LogP) is 0.417. The molecule has 0 unspecified atom stereocenters. The highest BCUT2D eigenvalue weighted by Gasteiger charge is 2.56. The van der Waals surface area contributed by atoms with Crippen molar-refractivity contribution in [2.45, 2.75) is 57.3 Å². The van der Waals surface area contributed by atoms with E-state index in [0.29, 0.717) is 12.2 Å². The zero-order valence-electron chi connectivity index (χ0n) is 14.9. The number of amides is 2. The van der Waals surface area contributed by atoms with E-state index in [-0.39, 0.29) is 42.0 Å². The number of fused-ring (bicyclic) bond motifs is 4. The fraction of sp³-hybridized carbons (Fsp3) is 0.632. The van der Waals surface area contributed by atoms with Crippen molar-refractivity contribution in [3.63, 3.8) is 0 Å². The Bertz CT molecular complexity index is 783. The monoisotopic (exact) mass is 359 g/mol. The highest BCUT2D eigenvalue weighted by atomic mass is 16.3. The molecule has 1 saturated carbocycles. The van der Waals surface area contributed by atoms with Crippen LogP contribution in [0.4, 0.5) is 0 Å². The molecule has 7 heteroatoms. The van der Waals surface area contributed by atoms with Gasteiger partial charge in [-0.1, -0.05) is 18.9 Å². The van der Waals surface area contributed by atoms with Crippen LogP contribution in [0.1, 0.15) is 44.3 Å². The summed E-state index contributed by atoms with van der Waals surface area (Å²) in [5, 5.41) is 13.2. The number of pyridine rings is 1. The molecule has 2 N–H and O–H groups in total. The molecule has 0 spiro atoms. The third-order valence-corrected chi connectivity index (χ3v) is 6.29. The topological polar surface area (TPSA) is 91.6 Å². The number of hydrogen-bond donors (Lipinski definition) is 2. The fourth-order valence-electron chi connectivity index (χ4n) is 5.16. The molecule has 4 atom stereocenters. The molecule has 0 aromatic carbocycles. The van der Waals surface area contributed by atoms with Crippen molar-refractivity contribution in [3.8, 4) is 0 Å². The van der Waals surface area contributed by atoms with E-state index in [4.69, 9.17) is 0 Å². The molecule has 1 aliphatic carbocycles. The van der Waals surface area contributed by atoms with E-state index < -0.39 is 12.0 Å². The van der Waals surface area contributed by atoms with Gasteiger partial charge in [0, 0.05) is 43.8 Å². The molecule has 3 aliphatic rings. The number of carbonyl (C=O) groups is 2. The summed E-state index contributed by atoms with van der Waals surface area (Å²) in [7, 11) is 0. The van der Waals surface area contributed by atoms with Gasteiger partial charge in [0.15, 0.2) is 0 Å². The first-order chi connectivity index (χ1) is 12.5. The molecule has 2 fully saturated rings. The van der Waals surface area contributed by atoms with E-state index in [2.05, 4.69) is 5.32 Å². The average molecular weight is 359 g/mol. The Morgan fingerprint density at radius 1 is 1.27 bits per heavy atom. The van der Waals surface area contributed by atoms with Crippen LogP contribution in [0.2, 0.25) is 0 Å². The number of hydrogen-bond acceptors (Lipinski definition) is 4.